The number of benzene rings is 1. The monoisotopic (exact) mass is 383 g/mol. The Morgan fingerprint density at radius 1 is 1.39 bits per heavy atom. The van der Waals surface area contributed by atoms with Gasteiger partial charge in [0.25, 0.3) is 0 Å². The summed E-state index contributed by atoms with van der Waals surface area (Å²) < 4.78 is 21.3. The summed E-state index contributed by atoms with van der Waals surface area (Å²) in [6.07, 6.45) is 4.20. The highest BCUT2D eigenvalue weighted by molar-refractivity contribution is 5.79. The number of carbonyl (C=O) groups is 1. The molecule has 1 aliphatic rings. The van der Waals surface area contributed by atoms with E-state index in [2.05, 4.69) is 15.5 Å². The highest BCUT2D eigenvalue weighted by atomic mass is 19.1. The van der Waals surface area contributed by atoms with Gasteiger partial charge in [-0.1, -0.05) is 24.2 Å². The zero-order valence-corrected chi connectivity index (χ0v) is 15.9. The largest absolute Gasteiger partial charge is 0.359 e. The summed E-state index contributed by atoms with van der Waals surface area (Å²) in [5.41, 5.74) is 1.12. The summed E-state index contributed by atoms with van der Waals surface area (Å²) in [5.74, 6) is 1.59. The molecule has 4 rings (SSSR count). The van der Waals surface area contributed by atoms with Crippen molar-refractivity contribution >= 4 is 17.4 Å². The summed E-state index contributed by atoms with van der Waals surface area (Å²) in [6, 6.07) is 6.39. The van der Waals surface area contributed by atoms with E-state index in [0.29, 0.717) is 37.6 Å². The van der Waals surface area contributed by atoms with Crippen molar-refractivity contribution in [3.63, 3.8) is 0 Å². The van der Waals surface area contributed by atoms with Gasteiger partial charge in [0.15, 0.2) is 5.82 Å². The van der Waals surface area contributed by atoms with E-state index in [9.17, 15) is 9.18 Å². The van der Waals surface area contributed by atoms with Crippen LogP contribution in [0, 0.1) is 18.7 Å². The Labute approximate surface area is 162 Å². The first-order chi connectivity index (χ1) is 13.5. The third-order valence-corrected chi connectivity index (χ3v) is 5.08. The maximum Gasteiger partial charge on any atom is 0.227 e. The van der Waals surface area contributed by atoms with Gasteiger partial charge in [-0.25, -0.2) is 9.37 Å². The topological polar surface area (TPSA) is 76.2 Å². The zero-order chi connectivity index (χ0) is 19.7. The number of carbonyl (C=O) groups excluding carboxylic acids is 1. The van der Waals surface area contributed by atoms with Crippen LogP contribution in [0.3, 0.4) is 0 Å². The molecule has 2 aromatic heterocycles. The minimum Gasteiger partial charge on any atom is -0.359 e. The van der Waals surface area contributed by atoms with E-state index in [1.54, 1.807) is 24.4 Å². The Kier molecular flexibility index (Phi) is 4.85. The number of nitrogens with zero attached hydrogens (tertiary/aromatic N) is 4. The van der Waals surface area contributed by atoms with Gasteiger partial charge in [-0.3, -0.25) is 4.79 Å². The number of hydrogen-bond acceptors (Lipinski definition) is 5. The van der Waals surface area contributed by atoms with Crippen molar-refractivity contribution in [2.24, 2.45) is 5.92 Å². The molecule has 1 amide bonds. The molecule has 1 N–H and O–H groups in total. The van der Waals surface area contributed by atoms with Gasteiger partial charge in [-0.2, -0.15) is 0 Å². The van der Waals surface area contributed by atoms with Crippen molar-refractivity contribution < 1.29 is 13.7 Å². The van der Waals surface area contributed by atoms with E-state index in [0.717, 1.165) is 17.1 Å². The summed E-state index contributed by atoms with van der Waals surface area (Å²) in [7, 11) is 0. The maximum atomic E-state index is 13.9. The number of aryl methyl sites for hydroxylation is 1. The van der Waals surface area contributed by atoms with Crippen LogP contribution in [0.5, 0.6) is 0 Å². The fourth-order valence-corrected chi connectivity index (χ4v) is 3.47. The minimum atomic E-state index is -0.368. The van der Waals surface area contributed by atoms with Gasteiger partial charge in [0.05, 0.1) is 23.7 Å². The second-order valence-electron chi connectivity index (χ2n) is 7.08. The number of rotatable bonds is 5. The lowest BCUT2D eigenvalue weighted by molar-refractivity contribution is -0.136. The van der Waals surface area contributed by atoms with Crippen molar-refractivity contribution in [1.29, 1.82) is 0 Å². The number of fused-ring (bicyclic) bond motifs is 1. The Morgan fingerprint density at radius 3 is 2.96 bits per heavy atom. The average molecular weight is 383 g/mol. The smallest absolute Gasteiger partial charge is 0.227 e. The highest BCUT2D eigenvalue weighted by Gasteiger charge is 2.29. The van der Waals surface area contributed by atoms with Crippen LogP contribution in [0.15, 0.2) is 41.2 Å². The van der Waals surface area contributed by atoms with E-state index in [-0.39, 0.29) is 17.6 Å². The lowest BCUT2D eigenvalue weighted by Crippen LogP contribution is -2.40. The number of aromatic nitrogens is 3. The Balaban J connectivity index is 1.48. The number of imidazole rings is 1. The lowest BCUT2D eigenvalue weighted by Gasteiger charge is -2.29. The molecule has 0 saturated carbocycles. The van der Waals surface area contributed by atoms with Crippen LogP contribution in [0.2, 0.25) is 0 Å². The van der Waals surface area contributed by atoms with Gasteiger partial charge in [0.2, 0.25) is 5.91 Å². The van der Waals surface area contributed by atoms with Crippen molar-refractivity contribution in [2.75, 3.05) is 11.9 Å². The fraction of sp³-hybridized carbons (Fsp3) is 0.350. The number of hydrogen-bond donors (Lipinski definition) is 1. The van der Waals surface area contributed by atoms with E-state index < -0.39 is 0 Å². The predicted molar refractivity (Wildman–Crippen MR) is 101 cm³/mol. The molecular formula is C20H22FN5O2. The van der Waals surface area contributed by atoms with Crippen LogP contribution in [0.1, 0.15) is 24.1 Å². The Morgan fingerprint density at radius 2 is 2.21 bits per heavy atom. The molecule has 7 nitrogen and oxygen atoms in total. The maximum absolute atomic E-state index is 13.9. The first-order valence-electron chi connectivity index (χ1n) is 9.28. The van der Waals surface area contributed by atoms with Gasteiger partial charge >= 0.3 is 0 Å². The third-order valence-electron chi connectivity index (χ3n) is 5.08. The van der Waals surface area contributed by atoms with Gasteiger partial charge in [-0.05, 0) is 19.1 Å². The van der Waals surface area contributed by atoms with Crippen molar-refractivity contribution in [3.05, 3.63) is 59.6 Å². The summed E-state index contributed by atoms with van der Waals surface area (Å²) in [6.45, 7) is 5.39. The molecule has 8 heteroatoms. The van der Waals surface area contributed by atoms with Gasteiger partial charge in [-0.15, -0.1) is 0 Å². The lowest BCUT2D eigenvalue weighted by atomic mass is 10.0. The Bertz CT molecular complexity index is 996. The third kappa shape index (κ3) is 3.49. The van der Waals surface area contributed by atoms with E-state index in [1.807, 2.05) is 29.5 Å². The average Bonchev–Trinajstić information content (AvgIpc) is 3.29. The molecule has 1 unspecified atom stereocenters. The normalized spacial score (nSPS) is 14.6. The van der Waals surface area contributed by atoms with Gasteiger partial charge in [0, 0.05) is 31.9 Å². The second kappa shape index (κ2) is 7.46. The molecule has 146 valence electrons. The first kappa shape index (κ1) is 18.2. The van der Waals surface area contributed by atoms with E-state index in [1.165, 1.54) is 6.07 Å². The van der Waals surface area contributed by atoms with Crippen LogP contribution in [-0.2, 0) is 24.3 Å². The molecule has 0 bridgehead atoms. The van der Waals surface area contributed by atoms with Crippen LogP contribution >= 0.6 is 0 Å². The zero-order valence-electron chi connectivity index (χ0n) is 15.9. The first-order valence-corrected chi connectivity index (χ1v) is 9.28. The number of halogens is 1. The van der Waals surface area contributed by atoms with E-state index in [4.69, 9.17) is 4.52 Å². The van der Waals surface area contributed by atoms with Crippen LogP contribution in [-0.4, -0.2) is 32.1 Å². The van der Waals surface area contributed by atoms with Crippen LogP contribution in [0.25, 0.3) is 0 Å². The van der Waals surface area contributed by atoms with Crippen LogP contribution < -0.4 is 5.32 Å². The molecule has 0 fully saturated rings. The molecule has 0 spiro atoms. The van der Waals surface area contributed by atoms with Crippen LogP contribution in [0.4, 0.5) is 15.9 Å². The van der Waals surface area contributed by atoms with Gasteiger partial charge in [0.1, 0.15) is 17.4 Å². The summed E-state index contributed by atoms with van der Waals surface area (Å²) in [4.78, 5) is 19.0. The minimum absolute atomic E-state index is 0.0665. The molecule has 3 aromatic rings. The van der Waals surface area contributed by atoms with Crippen molar-refractivity contribution in [1.82, 2.24) is 19.6 Å². The highest BCUT2D eigenvalue weighted by Crippen LogP contribution is 2.29. The molecular weight excluding hydrogens is 361 g/mol. The molecule has 1 atom stereocenters. The number of amides is 1. The summed E-state index contributed by atoms with van der Waals surface area (Å²) in [5, 5.41) is 7.02. The fourth-order valence-electron chi connectivity index (χ4n) is 3.47. The number of anilines is 2. The number of para-hydroxylation sites is 1. The molecule has 3 heterocycles. The Hall–Kier alpha value is -3.16. The molecule has 1 aromatic carbocycles. The number of nitrogens with one attached hydrogen (secondary N) is 1. The standard InChI is InChI=1S/C20H22FN5O2/c1-13(11-25-10-8-22-14(25)2)20(27)26-9-7-18-15(12-26)19(24-28-18)23-17-6-4-3-5-16(17)21/h3-6,8,10,13H,7,9,11-12H2,1-2H3,(H,23,24). The molecule has 0 aliphatic carbocycles. The molecule has 28 heavy (non-hydrogen) atoms. The van der Waals surface area contributed by atoms with E-state index >= 15 is 0 Å². The second-order valence-corrected chi connectivity index (χ2v) is 7.08. The molecule has 1 aliphatic heterocycles. The molecule has 0 saturated heterocycles. The SMILES string of the molecule is Cc1nccn1CC(C)C(=O)N1CCc2onc(Nc3ccccc3F)c2C1. The van der Waals surface area contributed by atoms with Crippen molar-refractivity contribution in [2.45, 2.75) is 33.4 Å². The quantitative estimate of drug-likeness (QED) is 0.732. The molecule has 0 radical (unpaired) electrons. The van der Waals surface area contributed by atoms with Gasteiger partial charge < -0.3 is 19.3 Å². The van der Waals surface area contributed by atoms with Crippen molar-refractivity contribution in [3.8, 4) is 0 Å². The summed E-state index contributed by atoms with van der Waals surface area (Å²) >= 11 is 0. The predicted octanol–water partition coefficient (Wildman–Crippen LogP) is 3.28.